The smallest absolute Gasteiger partial charge is 0.229 e. The van der Waals surface area contributed by atoms with E-state index in [2.05, 4.69) is 0 Å². The fourth-order valence-corrected chi connectivity index (χ4v) is 5.63. The van der Waals surface area contributed by atoms with E-state index in [-0.39, 0.29) is 5.91 Å². The molecule has 0 fully saturated rings. The highest BCUT2D eigenvalue weighted by Gasteiger charge is 2.21. The molecule has 1 heterocycles. The first-order valence-corrected chi connectivity index (χ1v) is 12.9. The molecule has 0 unspecified atom stereocenters. The van der Waals surface area contributed by atoms with Gasteiger partial charge in [-0.25, -0.2) is 4.98 Å². The predicted molar refractivity (Wildman–Crippen MR) is 138 cm³/mol. The van der Waals surface area contributed by atoms with Crippen LogP contribution in [0, 0.1) is 6.92 Å². The van der Waals surface area contributed by atoms with Gasteiger partial charge in [-0.3, -0.25) is 9.69 Å². The number of hydrogen-bond acceptors (Lipinski definition) is 4. The minimum atomic E-state index is 0.0680. The lowest BCUT2D eigenvalue weighted by molar-refractivity contribution is -0.118. The molecule has 7 heteroatoms. The van der Waals surface area contributed by atoms with Gasteiger partial charge in [0, 0.05) is 16.3 Å². The van der Waals surface area contributed by atoms with Gasteiger partial charge in [0.2, 0.25) is 5.91 Å². The number of amides is 1. The van der Waals surface area contributed by atoms with E-state index in [0.717, 1.165) is 43.4 Å². The lowest BCUT2D eigenvalue weighted by Gasteiger charge is -2.20. The Hall–Kier alpha value is -2.05. The predicted octanol–water partition coefficient (Wildman–Crippen LogP) is 8.02. The molecule has 0 aliphatic heterocycles. The van der Waals surface area contributed by atoms with Crippen LogP contribution in [-0.2, 0) is 11.3 Å². The highest BCUT2D eigenvalue weighted by Crippen LogP contribution is 2.36. The van der Waals surface area contributed by atoms with Crippen LogP contribution in [0.3, 0.4) is 0 Å². The standard InChI is InChI=1S/C25H22Cl2N2OS2/c1-17-9-14-21(27)24-23(17)28-25(32-24)29(16-18-6-3-2-4-7-18)22(30)8-5-15-31-20-12-10-19(26)11-13-20/h2-4,6-7,9-14H,5,8,15-16H2,1H3. The van der Waals surface area contributed by atoms with Gasteiger partial charge < -0.3 is 0 Å². The maximum absolute atomic E-state index is 13.3. The van der Waals surface area contributed by atoms with Crippen LogP contribution in [0.25, 0.3) is 10.2 Å². The number of hydrogen-bond donors (Lipinski definition) is 0. The number of rotatable bonds is 8. The quantitative estimate of drug-likeness (QED) is 0.181. The number of aromatic nitrogens is 1. The number of carbonyl (C=O) groups excluding carboxylic acids is 1. The molecule has 32 heavy (non-hydrogen) atoms. The Balaban J connectivity index is 1.50. The van der Waals surface area contributed by atoms with E-state index < -0.39 is 0 Å². The Labute approximate surface area is 206 Å². The zero-order valence-corrected chi connectivity index (χ0v) is 20.7. The van der Waals surface area contributed by atoms with E-state index in [1.807, 2.05) is 73.7 Å². The molecule has 0 atom stereocenters. The summed E-state index contributed by atoms with van der Waals surface area (Å²) in [6.45, 7) is 2.50. The number of anilines is 1. The van der Waals surface area contributed by atoms with Crippen LogP contribution in [0.2, 0.25) is 10.0 Å². The summed E-state index contributed by atoms with van der Waals surface area (Å²) in [4.78, 5) is 21.0. The van der Waals surface area contributed by atoms with E-state index in [0.29, 0.717) is 23.1 Å². The van der Waals surface area contributed by atoms with E-state index in [4.69, 9.17) is 28.2 Å². The van der Waals surface area contributed by atoms with Crippen LogP contribution in [0.1, 0.15) is 24.0 Å². The average molecular weight is 502 g/mol. The summed E-state index contributed by atoms with van der Waals surface area (Å²) in [6.07, 6.45) is 1.23. The van der Waals surface area contributed by atoms with E-state index in [1.54, 1.807) is 16.7 Å². The van der Waals surface area contributed by atoms with Gasteiger partial charge in [0.25, 0.3) is 0 Å². The monoisotopic (exact) mass is 500 g/mol. The Morgan fingerprint density at radius 2 is 1.78 bits per heavy atom. The van der Waals surface area contributed by atoms with Gasteiger partial charge in [-0.05, 0) is 60.6 Å². The molecular formula is C25H22Cl2N2OS2. The van der Waals surface area contributed by atoms with Gasteiger partial charge in [0.15, 0.2) is 5.13 Å². The van der Waals surface area contributed by atoms with Crippen molar-refractivity contribution in [1.82, 2.24) is 4.98 Å². The van der Waals surface area contributed by atoms with Gasteiger partial charge in [-0.1, -0.05) is 70.9 Å². The minimum Gasteiger partial charge on any atom is -0.284 e. The van der Waals surface area contributed by atoms with Crippen LogP contribution < -0.4 is 4.90 Å². The van der Waals surface area contributed by atoms with E-state index in [1.165, 1.54) is 11.3 Å². The topological polar surface area (TPSA) is 33.2 Å². The second kappa shape index (κ2) is 10.7. The summed E-state index contributed by atoms with van der Waals surface area (Å²) in [7, 11) is 0. The zero-order valence-electron chi connectivity index (χ0n) is 17.6. The van der Waals surface area contributed by atoms with Crippen molar-refractivity contribution in [2.75, 3.05) is 10.7 Å². The number of fused-ring (bicyclic) bond motifs is 1. The fraction of sp³-hybridized carbons (Fsp3) is 0.200. The van der Waals surface area contributed by atoms with Gasteiger partial charge in [-0.2, -0.15) is 0 Å². The first-order valence-electron chi connectivity index (χ1n) is 10.3. The van der Waals surface area contributed by atoms with Crippen molar-refractivity contribution in [3.63, 3.8) is 0 Å². The summed E-state index contributed by atoms with van der Waals surface area (Å²) in [5, 5.41) is 2.09. The molecule has 0 radical (unpaired) electrons. The first-order chi connectivity index (χ1) is 15.5. The lowest BCUT2D eigenvalue weighted by atomic mass is 10.2. The van der Waals surface area contributed by atoms with Crippen molar-refractivity contribution in [2.24, 2.45) is 0 Å². The van der Waals surface area contributed by atoms with Crippen molar-refractivity contribution in [2.45, 2.75) is 31.2 Å². The Kier molecular flexibility index (Phi) is 7.74. The van der Waals surface area contributed by atoms with Crippen molar-refractivity contribution in [3.05, 3.63) is 87.9 Å². The Morgan fingerprint density at radius 1 is 1.03 bits per heavy atom. The normalized spacial score (nSPS) is 11.1. The van der Waals surface area contributed by atoms with Gasteiger partial charge in [0.05, 0.1) is 21.8 Å². The largest absolute Gasteiger partial charge is 0.284 e. The summed E-state index contributed by atoms with van der Waals surface area (Å²) >= 11 is 15.6. The molecule has 4 rings (SSSR count). The number of halogens is 2. The lowest BCUT2D eigenvalue weighted by Crippen LogP contribution is -2.30. The SMILES string of the molecule is Cc1ccc(Cl)c2sc(N(Cc3ccccc3)C(=O)CCCSc3ccc(Cl)cc3)nc12. The molecule has 0 aliphatic rings. The number of nitrogens with zero attached hydrogens (tertiary/aromatic N) is 2. The van der Waals surface area contributed by atoms with Crippen LogP contribution in [0.5, 0.6) is 0 Å². The van der Waals surface area contributed by atoms with Crippen molar-refractivity contribution in [3.8, 4) is 0 Å². The van der Waals surface area contributed by atoms with Gasteiger partial charge >= 0.3 is 0 Å². The Morgan fingerprint density at radius 3 is 2.50 bits per heavy atom. The molecule has 1 aromatic heterocycles. The Bertz CT molecular complexity index is 1170. The summed E-state index contributed by atoms with van der Waals surface area (Å²) in [5.41, 5.74) is 2.98. The van der Waals surface area contributed by atoms with Crippen LogP contribution >= 0.6 is 46.3 Å². The molecule has 1 amide bonds. The molecule has 0 N–H and O–H groups in total. The summed E-state index contributed by atoms with van der Waals surface area (Å²) in [6, 6.07) is 21.6. The third-order valence-electron chi connectivity index (χ3n) is 5.02. The van der Waals surface area contributed by atoms with Crippen molar-refractivity contribution >= 4 is 67.6 Å². The molecule has 3 nitrogen and oxygen atoms in total. The molecule has 0 spiro atoms. The van der Waals surface area contributed by atoms with E-state index in [9.17, 15) is 4.79 Å². The second-order valence-corrected chi connectivity index (χ2v) is 10.4. The highest BCUT2D eigenvalue weighted by atomic mass is 35.5. The van der Waals surface area contributed by atoms with E-state index >= 15 is 0 Å². The number of benzene rings is 3. The summed E-state index contributed by atoms with van der Waals surface area (Å²) in [5.74, 6) is 0.926. The number of thiazole rings is 1. The van der Waals surface area contributed by atoms with Crippen molar-refractivity contribution in [1.29, 1.82) is 0 Å². The molecule has 3 aromatic carbocycles. The molecular weight excluding hydrogens is 479 g/mol. The third-order valence-corrected chi connectivity index (χ3v) is 7.91. The van der Waals surface area contributed by atoms with Gasteiger partial charge in [0.1, 0.15) is 0 Å². The van der Waals surface area contributed by atoms with Crippen molar-refractivity contribution < 1.29 is 4.79 Å². The van der Waals surface area contributed by atoms with Gasteiger partial charge in [-0.15, -0.1) is 11.8 Å². The van der Waals surface area contributed by atoms with Crippen LogP contribution in [-0.4, -0.2) is 16.6 Å². The van der Waals surface area contributed by atoms with Crippen LogP contribution in [0.15, 0.2) is 71.6 Å². The molecule has 0 bridgehead atoms. The zero-order chi connectivity index (χ0) is 22.5. The molecule has 0 saturated carbocycles. The third kappa shape index (κ3) is 5.65. The molecule has 4 aromatic rings. The first kappa shape index (κ1) is 23.1. The number of aryl methyl sites for hydroxylation is 1. The van der Waals surface area contributed by atoms with Crippen LogP contribution in [0.4, 0.5) is 5.13 Å². The average Bonchev–Trinajstić information content (AvgIpc) is 3.26. The number of thioether (sulfide) groups is 1. The molecule has 164 valence electrons. The fourth-order valence-electron chi connectivity index (χ4n) is 3.31. The molecule has 0 saturated heterocycles. The highest BCUT2D eigenvalue weighted by molar-refractivity contribution is 7.99. The maximum Gasteiger partial charge on any atom is 0.229 e. The second-order valence-electron chi connectivity index (χ2n) is 7.41. The number of carbonyl (C=O) groups is 1. The summed E-state index contributed by atoms with van der Waals surface area (Å²) < 4.78 is 0.922. The maximum atomic E-state index is 13.3. The minimum absolute atomic E-state index is 0.0680. The molecule has 0 aliphatic carbocycles.